The van der Waals surface area contributed by atoms with Crippen molar-refractivity contribution < 1.29 is 9.90 Å². The standard InChI is InChI=1S/C12H26N4.C2H4O2/c1-2-3-4-5-6-7-8-9-10-11-15-16-12(13)14;1-2(3)4/h11H,2-10H2,1H3,(H4,13,14,16);1H3,(H,3,4). The molecule has 0 amide bonds. The van der Waals surface area contributed by atoms with Crippen LogP contribution in [-0.4, -0.2) is 23.2 Å². The number of nitrogens with zero attached hydrogens (tertiary/aromatic N) is 1. The van der Waals surface area contributed by atoms with Crippen LogP contribution in [0.4, 0.5) is 0 Å². The fourth-order valence-corrected chi connectivity index (χ4v) is 1.55. The van der Waals surface area contributed by atoms with Crippen LogP contribution in [-0.2, 0) is 4.79 Å². The van der Waals surface area contributed by atoms with Crippen molar-refractivity contribution in [1.82, 2.24) is 5.43 Å². The zero-order valence-electron chi connectivity index (χ0n) is 12.8. The maximum atomic E-state index is 9.00. The lowest BCUT2D eigenvalue weighted by molar-refractivity contribution is -0.134. The molecule has 0 aliphatic rings. The number of nitrogens with two attached hydrogens (primary N) is 1. The Morgan fingerprint density at radius 1 is 1.20 bits per heavy atom. The summed E-state index contributed by atoms with van der Waals surface area (Å²) >= 11 is 0. The molecule has 6 heteroatoms. The zero-order chi connectivity index (χ0) is 15.6. The van der Waals surface area contributed by atoms with Gasteiger partial charge >= 0.3 is 0 Å². The summed E-state index contributed by atoms with van der Waals surface area (Å²) in [6.45, 7) is 3.33. The predicted octanol–water partition coefficient (Wildman–Crippen LogP) is 3.08. The molecule has 0 rings (SSSR count). The Labute approximate surface area is 122 Å². The fourth-order valence-electron chi connectivity index (χ4n) is 1.55. The molecule has 0 radical (unpaired) electrons. The quantitative estimate of drug-likeness (QED) is 0.214. The molecule has 0 aromatic heterocycles. The maximum Gasteiger partial charge on any atom is 0.300 e. The van der Waals surface area contributed by atoms with E-state index in [0.29, 0.717) is 0 Å². The first-order chi connectivity index (χ1) is 9.50. The lowest BCUT2D eigenvalue weighted by Gasteiger charge is -1.99. The number of nitrogens with one attached hydrogen (secondary N) is 2. The highest BCUT2D eigenvalue weighted by atomic mass is 16.4. The molecule has 0 saturated carbocycles. The third kappa shape index (κ3) is 29.9. The van der Waals surface area contributed by atoms with Gasteiger partial charge in [-0.1, -0.05) is 51.9 Å². The maximum absolute atomic E-state index is 9.00. The summed E-state index contributed by atoms with van der Waals surface area (Å²) in [6, 6.07) is 0. The van der Waals surface area contributed by atoms with Gasteiger partial charge in [-0.25, -0.2) is 5.43 Å². The highest BCUT2D eigenvalue weighted by Crippen LogP contribution is 2.08. The minimum absolute atomic E-state index is 0.104. The van der Waals surface area contributed by atoms with E-state index in [0.717, 1.165) is 13.3 Å². The molecule has 5 N–H and O–H groups in total. The van der Waals surface area contributed by atoms with Gasteiger partial charge in [0.25, 0.3) is 5.97 Å². The summed E-state index contributed by atoms with van der Waals surface area (Å²) in [5, 5.41) is 18.1. The summed E-state index contributed by atoms with van der Waals surface area (Å²) in [5.74, 6) is -0.938. The Hall–Kier alpha value is -1.59. The lowest BCUT2D eigenvalue weighted by Crippen LogP contribution is -2.25. The Morgan fingerprint density at radius 2 is 1.65 bits per heavy atom. The smallest absolute Gasteiger partial charge is 0.300 e. The first-order valence-electron chi connectivity index (χ1n) is 7.31. The van der Waals surface area contributed by atoms with E-state index >= 15 is 0 Å². The molecule has 0 spiro atoms. The monoisotopic (exact) mass is 286 g/mol. The van der Waals surface area contributed by atoms with Gasteiger partial charge < -0.3 is 10.8 Å². The number of hydrogen-bond acceptors (Lipinski definition) is 3. The molecule has 0 bridgehead atoms. The van der Waals surface area contributed by atoms with Gasteiger partial charge in [-0.3, -0.25) is 10.2 Å². The average Bonchev–Trinajstić information content (AvgIpc) is 2.35. The van der Waals surface area contributed by atoms with Crippen molar-refractivity contribution in [3.8, 4) is 0 Å². The van der Waals surface area contributed by atoms with Crippen LogP contribution in [0.3, 0.4) is 0 Å². The van der Waals surface area contributed by atoms with Crippen LogP contribution in [0.1, 0.15) is 71.6 Å². The van der Waals surface area contributed by atoms with E-state index in [1.807, 2.05) is 0 Å². The van der Waals surface area contributed by atoms with E-state index in [2.05, 4.69) is 17.5 Å². The van der Waals surface area contributed by atoms with Gasteiger partial charge in [-0.05, 0) is 12.8 Å². The Kier molecular flexibility index (Phi) is 18.0. The summed E-state index contributed by atoms with van der Waals surface area (Å²) in [5.41, 5.74) is 7.47. The summed E-state index contributed by atoms with van der Waals surface area (Å²) in [7, 11) is 0. The molecule has 0 aliphatic carbocycles. The second kappa shape index (κ2) is 17.4. The summed E-state index contributed by atoms with van der Waals surface area (Å²) in [4.78, 5) is 9.00. The highest BCUT2D eigenvalue weighted by molar-refractivity contribution is 5.75. The SMILES string of the molecule is CC(=O)O.CCCCCCCCCCC=NNC(=N)N. The van der Waals surface area contributed by atoms with E-state index in [9.17, 15) is 0 Å². The number of carboxylic acid groups (broad SMARTS) is 1. The van der Waals surface area contributed by atoms with Crippen molar-refractivity contribution in [2.45, 2.75) is 71.6 Å². The zero-order valence-corrected chi connectivity index (χ0v) is 12.8. The van der Waals surface area contributed by atoms with Gasteiger partial charge in [0.15, 0.2) is 0 Å². The normalized spacial score (nSPS) is 9.90. The number of hydrogen-bond donors (Lipinski definition) is 4. The number of unbranched alkanes of at least 4 members (excludes halogenated alkanes) is 8. The Balaban J connectivity index is 0. The van der Waals surface area contributed by atoms with Crippen LogP contribution >= 0.6 is 0 Å². The van der Waals surface area contributed by atoms with Gasteiger partial charge in [0.05, 0.1) is 0 Å². The first-order valence-corrected chi connectivity index (χ1v) is 7.31. The second-order valence-electron chi connectivity index (χ2n) is 4.62. The molecular weight excluding hydrogens is 256 g/mol. The molecule has 0 aliphatic heterocycles. The number of carboxylic acids is 1. The van der Waals surface area contributed by atoms with E-state index in [4.69, 9.17) is 21.0 Å². The number of aliphatic carboxylic acids is 1. The topological polar surface area (TPSA) is 112 Å². The van der Waals surface area contributed by atoms with Gasteiger partial charge in [0.1, 0.15) is 0 Å². The van der Waals surface area contributed by atoms with E-state index < -0.39 is 5.97 Å². The van der Waals surface area contributed by atoms with Crippen molar-refractivity contribution in [2.75, 3.05) is 0 Å². The molecule has 0 heterocycles. The summed E-state index contributed by atoms with van der Waals surface area (Å²) in [6.07, 6.45) is 13.4. The molecule has 20 heavy (non-hydrogen) atoms. The Bertz CT molecular complexity index is 264. The minimum Gasteiger partial charge on any atom is -0.481 e. The highest BCUT2D eigenvalue weighted by Gasteiger charge is 1.90. The van der Waals surface area contributed by atoms with Crippen molar-refractivity contribution in [3.63, 3.8) is 0 Å². The van der Waals surface area contributed by atoms with Crippen LogP contribution < -0.4 is 11.2 Å². The molecule has 6 nitrogen and oxygen atoms in total. The van der Waals surface area contributed by atoms with Crippen molar-refractivity contribution in [1.29, 1.82) is 5.41 Å². The van der Waals surface area contributed by atoms with E-state index in [-0.39, 0.29) is 5.96 Å². The minimum atomic E-state index is -0.833. The lowest BCUT2D eigenvalue weighted by atomic mass is 10.1. The van der Waals surface area contributed by atoms with Gasteiger partial charge in [0, 0.05) is 13.1 Å². The number of hydrazone groups is 1. The van der Waals surface area contributed by atoms with Gasteiger partial charge in [0.2, 0.25) is 5.96 Å². The largest absolute Gasteiger partial charge is 0.481 e. The molecule has 0 fully saturated rings. The van der Waals surface area contributed by atoms with Crippen molar-refractivity contribution in [2.24, 2.45) is 10.8 Å². The molecular formula is C14H30N4O2. The molecule has 0 aromatic carbocycles. The van der Waals surface area contributed by atoms with Crippen LogP contribution in [0.5, 0.6) is 0 Å². The predicted molar refractivity (Wildman–Crippen MR) is 84.1 cm³/mol. The third-order valence-corrected chi connectivity index (χ3v) is 2.46. The summed E-state index contributed by atoms with van der Waals surface area (Å²) < 4.78 is 0. The van der Waals surface area contributed by atoms with Gasteiger partial charge in [-0.2, -0.15) is 5.10 Å². The van der Waals surface area contributed by atoms with Crippen molar-refractivity contribution in [3.05, 3.63) is 0 Å². The molecule has 0 unspecified atom stereocenters. The van der Waals surface area contributed by atoms with Gasteiger partial charge in [-0.15, -0.1) is 0 Å². The van der Waals surface area contributed by atoms with Crippen LogP contribution in [0, 0.1) is 5.41 Å². The molecule has 0 saturated heterocycles. The molecule has 118 valence electrons. The molecule has 0 aromatic rings. The average molecular weight is 286 g/mol. The van der Waals surface area contributed by atoms with Crippen LogP contribution in [0.25, 0.3) is 0 Å². The van der Waals surface area contributed by atoms with E-state index in [1.165, 1.54) is 51.4 Å². The molecule has 0 atom stereocenters. The Morgan fingerprint density at radius 3 is 2.10 bits per heavy atom. The number of rotatable bonds is 10. The van der Waals surface area contributed by atoms with E-state index in [1.54, 1.807) is 6.21 Å². The van der Waals surface area contributed by atoms with Crippen LogP contribution in [0.15, 0.2) is 5.10 Å². The number of carbonyl (C=O) groups is 1. The van der Waals surface area contributed by atoms with Crippen molar-refractivity contribution >= 4 is 18.1 Å². The first kappa shape index (κ1) is 20.7. The third-order valence-electron chi connectivity index (χ3n) is 2.46. The fraction of sp³-hybridized carbons (Fsp3) is 0.786. The van der Waals surface area contributed by atoms with Crippen LogP contribution in [0.2, 0.25) is 0 Å². The second-order valence-corrected chi connectivity index (χ2v) is 4.62. The number of guanidine groups is 1.